The second-order valence-corrected chi connectivity index (χ2v) is 7.71. The number of nitrogens with zero attached hydrogens (tertiary/aromatic N) is 1. The second kappa shape index (κ2) is 5.49. The fourth-order valence-electron chi connectivity index (χ4n) is 2.92. The third-order valence-electron chi connectivity index (χ3n) is 4.28. The van der Waals surface area contributed by atoms with Crippen molar-refractivity contribution in [3.05, 3.63) is 71.1 Å². The molecule has 0 aliphatic carbocycles. The average Bonchev–Trinajstić information content (AvgIpc) is 3.12. The highest BCUT2D eigenvalue weighted by Gasteiger charge is 2.21. The molecule has 0 saturated heterocycles. The van der Waals surface area contributed by atoms with Gasteiger partial charge in [-0.3, -0.25) is 9.10 Å². The Kier molecular flexibility index (Phi) is 3.40. The van der Waals surface area contributed by atoms with Gasteiger partial charge >= 0.3 is 0 Å². The lowest BCUT2D eigenvalue weighted by Gasteiger charge is -2.20. The van der Waals surface area contributed by atoms with Gasteiger partial charge in [0.2, 0.25) is 0 Å². The zero-order valence-electron chi connectivity index (χ0n) is 13.4. The highest BCUT2D eigenvalue weighted by Crippen LogP contribution is 2.28. The maximum absolute atomic E-state index is 12.8. The van der Waals surface area contributed by atoms with E-state index in [9.17, 15) is 13.2 Å². The van der Waals surface area contributed by atoms with Crippen molar-refractivity contribution in [2.45, 2.75) is 4.90 Å². The summed E-state index contributed by atoms with van der Waals surface area (Å²) in [5.74, 6) is 0. The Morgan fingerprint density at radius 3 is 2.48 bits per heavy atom. The lowest BCUT2D eigenvalue weighted by atomic mass is 10.1. The molecule has 2 aromatic heterocycles. The number of aromatic nitrogens is 2. The van der Waals surface area contributed by atoms with E-state index in [0.29, 0.717) is 16.7 Å². The maximum Gasteiger partial charge on any atom is 0.272 e. The van der Waals surface area contributed by atoms with E-state index in [2.05, 4.69) is 9.97 Å². The van der Waals surface area contributed by atoms with E-state index in [4.69, 9.17) is 0 Å². The zero-order valence-corrected chi connectivity index (χ0v) is 14.2. The number of aromatic amines is 2. The summed E-state index contributed by atoms with van der Waals surface area (Å²) in [4.78, 5) is 18.0. The fraction of sp³-hybridized carbons (Fsp3) is 0.0556. The Morgan fingerprint density at radius 2 is 1.72 bits per heavy atom. The first-order valence-corrected chi connectivity index (χ1v) is 9.09. The number of pyridine rings is 1. The summed E-state index contributed by atoms with van der Waals surface area (Å²) >= 11 is 0. The van der Waals surface area contributed by atoms with Crippen molar-refractivity contribution < 1.29 is 8.42 Å². The van der Waals surface area contributed by atoms with Crippen molar-refractivity contribution in [3.8, 4) is 0 Å². The van der Waals surface area contributed by atoms with E-state index in [-0.39, 0.29) is 10.5 Å². The van der Waals surface area contributed by atoms with Crippen LogP contribution in [0.25, 0.3) is 21.8 Å². The van der Waals surface area contributed by atoms with Gasteiger partial charge in [0.05, 0.1) is 10.6 Å². The molecular weight excluding hydrogens is 338 g/mol. The van der Waals surface area contributed by atoms with Crippen molar-refractivity contribution in [1.82, 2.24) is 9.97 Å². The van der Waals surface area contributed by atoms with E-state index in [1.54, 1.807) is 54.7 Å². The minimum Gasteiger partial charge on any atom is -0.357 e. The fourth-order valence-corrected chi connectivity index (χ4v) is 4.12. The van der Waals surface area contributed by atoms with Crippen LogP contribution in [-0.4, -0.2) is 25.4 Å². The Balaban J connectivity index is 1.90. The van der Waals surface area contributed by atoms with Crippen LogP contribution in [0, 0.1) is 0 Å². The molecule has 2 heterocycles. The lowest BCUT2D eigenvalue weighted by Crippen LogP contribution is -2.26. The molecule has 2 aromatic carbocycles. The maximum atomic E-state index is 12.8. The van der Waals surface area contributed by atoms with Crippen molar-refractivity contribution >= 4 is 37.5 Å². The molecule has 0 saturated carbocycles. The Bertz CT molecular complexity index is 1240. The molecule has 4 aromatic rings. The van der Waals surface area contributed by atoms with Crippen LogP contribution < -0.4 is 9.86 Å². The number of hydrogen-bond acceptors (Lipinski definition) is 3. The Hall–Kier alpha value is -3.06. The number of fused-ring (bicyclic) bond motifs is 3. The van der Waals surface area contributed by atoms with E-state index in [0.717, 1.165) is 10.8 Å². The van der Waals surface area contributed by atoms with Crippen molar-refractivity contribution in [3.63, 3.8) is 0 Å². The molecular formula is C18H15N3O3S. The van der Waals surface area contributed by atoms with Crippen molar-refractivity contribution in [1.29, 1.82) is 0 Å². The molecule has 126 valence electrons. The SMILES string of the molecule is CN(c1ccc2[nH]c(=O)c3[nH]ccc3c2c1)S(=O)(=O)c1ccccc1. The molecule has 7 heteroatoms. The first-order chi connectivity index (χ1) is 12.0. The minimum absolute atomic E-state index is 0.203. The van der Waals surface area contributed by atoms with Crippen LogP contribution in [0.5, 0.6) is 0 Å². The molecule has 0 amide bonds. The summed E-state index contributed by atoms with van der Waals surface area (Å²) in [6, 6.07) is 15.2. The average molecular weight is 353 g/mol. The molecule has 2 N–H and O–H groups in total. The van der Waals surface area contributed by atoms with Crippen LogP contribution in [0.1, 0.15) is 0 Å². The van der Waals surface area contributed by atoms with Crippen LogP contribution in [0.15, 0.2) is 70.5 Å². The van der Waals surface area contributed by atoms with Crippen molar-refractivity contribution in [2.75, 3.05) is 11.4 Å². The quantitative estimate of drug-likeness (QED) is 0.594. The van der Waals surface area contributed by atoms with Gasteiger partial charge in [-0.15, -0.1) is 0 Å². The van der Waals surface area contributed by atoms with Gasteiger partial charge in [-0.25, -0.2) is 8.42 Å². The van der Waals surface area contributed by atoms with E-state index in [1.807, 2.05) is 6.07 Å². The molecule has 6 nitrogen and oxygen atoms in total. The third-order valence-corrected chi connectivity index (χ3v) is 6.08. The Morgan fingerprint density at radius 1 is 0.960 bits per heavy atom. The first-order valence-electron chi connectivity index (χ1n) is 7.65. The van der Waals surface area contributed by atoms with Gasteiger partial charge < -0.3 is 9.97 Å². The third kappa shape index (κ3) is 2.40. The molecule has 0 aliphatic heterocycles. The van der Waals surface area contributed by atoms with Crippen LogP contribution in [0.2, 0.25) is 0 Å². The molecule has 25 heavy (non-hydrogen) atoms. The summed E-state index contributed by atoms with van der Waals surface area (Å²) < 4.78 is 26.8. The van der Waals surface area contributed by atoms with Gasteiger partial charge in [-0.05, 0) is 36.4 Å². The molecule has 0 spiro atoms. The number of nitrogens with one attached hydrogen (secondary N) is 2. The smallest absolute Gasteiger partial charge is 0.272 e. The molecule has 0 atom stereocenters. The minimum atomic E-state index is -3.66. The van der Waals surface area contributed by atoms with Crippen LogP contribution in [0.4, 0.5) is 5.69 Å². The summed E-state index contributed by atoms with van der Waals surface area (Å²) in [6.45, 7) is 0. The lowest BCUT2D eigenvalue weighted by molar-refractivity contribution is 0.594. The summed E-state index contributed by atoms with van der Waals surface area (Å²) in [7, 11) is -2.14. The van der Waals surface area contributed by atoms with Crippen LogP contribution >= 0.6 is 0 Å². The number of anilines is 1. The van der Waals surface area contributed by atoms with Gasteiger partial charge in [0.1, 0.15) is 5.52 Å². The molecule has 0 fully saturated rings. The molecule has 4 rings (SSSR count). The highest BCUT2D eigenvalue weighted by molar-refractivity contribution is 7.92. The molecule has 0 bridgehead atoms. The van der Waals surface area contributed by atoms with Gasteiger partial charge in [-0.2, -0.15) is 0 Å². The number of H-pyrrole nitrogens is 2. The molecule has 0 unspecified atom stereocenters. The molecule has 0 radical (unpaired) electrons. The second-order valence-electron chi connectivity index (χ2n) is 5.74. The monoisotopic (exact) mass is 353 g/mol. The zero-order chi connectivity index (χ0) is 17.6. The standard InChI is InChI=1S/C18H15N3O3S/c1-21(25(23,24)13-5-3-2-4-6-13)12-7-8-16-15(11-12)14-9-10-19-17(14)18(22)20-16/h2-11,19H,1H3,(H,20,22). The number of rotatable bonds is 3. The summed E-state index contributed by atoms with van der Waals surface area (Å²) in [5.41, 5.74) is 1.45. The predicted octanol–water partition coefficient (Wildman–Crippen LogP) is 2.83. The Labute approximate surface area is 143 Å². The topological polar surface area (TPSA) is 86.0 Å². The van der Waals surface area contributed by atoms with E-state index in [1.165, 1.54) is 11.4 Å². The van der Waals surface area contributed by atoms with E-state index >= 15 is 0 Å². The largest absolute Gasteiger partial charge is 0.357 e. The normalized spacial score (nSPS) is 11.9. The van der Waals surface area contributed by atoms with Gasteiger partial charge in [0, 0.05) is 29.5 Å². The van der Waals surface area contributed by atoms with Crippen LogP contribution in [-0.2, 0) is 10.0 Å². The summed E-state index contributed by atoms with van der Waals surface area (Å²) in [5, 5.41) is 1.54. The number of benzene rings is 2. The van der Waals surface area contributed by atoms with Gasteiger partial charge in [-0.1, -0.05) is 18.2 Å². The number of hydrogen-bond donors (Lipinski definition) is 2. The predicted molar refractivity (Wildman–Crippen MR) is 98.5 cm³/mol. The van der Waals surface area contributed by atoms with Crippen molar-refractivity contribution in [2.24, 2.45) is 0 Å². The van der Waals surface area contributed by atoms with Crippen LogP contribution in [0.3, 0.4) is 0 Å². The molecule has 0 aliphatic rings. The highest BCUT2D eigenvalue weighted by atomic mass is 32.2. The van der Waals surface area contributed by atoms with Gasteiger partial charge in [0.15, 0.2) is 0 Å². The summed E-state index contributed by atoms with van der Waals surface area (Å²) in [6.07, 6.45) is 1.69. The number of sulfonamides is 1. The van der Waals surface area contributed by atoms with Gasteiger partial charge in [0.25, 0.3) is 15.6 Å². The van der Waals surface area contributed by atoms with E-state index < -0.39 is 10.0 Å². The first kappa shape index (κ1) is 15.5.